The molecule has 0 saturated heterocycles. The number of rotatable bonds is 7. The van der Waals surface area contributed by atoms with Crippen molar-refractivity contribution in [2.45, 2.75) is 0 Å². The molecule has 2 N–H and O–H groups in total. The molecule has 3 aromatic carbocycles. The van der Waals surface area contributed by atoms with E-state index in [1.54, 1.807) is 48.5 Å². The van der Waals surface area contributed by atoms with Crippen molar-refractivity contribution in [1.29, 1.82) is 0 Å². The van der Waals surface area contributed by atoms with Crippen molar-refractivity contribution >= 4 is 52.4 Å². The molecule has 3 amide bonds. The number of methoxy groups -OCH3 is 2. The molecule has 0 saturated carbocycles. The minimum atomic E-state index is -0.706. The van der Waals surface area contributed by atoms with Crippen molar-refractivity contribution in [3.63, 3.8) is 0 Å². The maximum atomic E-state index is 13.0. The van der Waals surface area contributed by atoms with Crippen LogP contribution in [-0.4, -0.2) is 37.9 Å². The molecule has 0 fully saturated rings. The molecule has 3 aromatic rings. The Labute approximate surface area is 211 Å². The fourth-order valence-corrected chi connectivity index (χ4v) is 3.71. The Hall–Kier alpha value is -4.63. The monoisotopic (exact) mass is 505 g/mol. The molecule has 36 heavy (non-hydrogen) atoms. The molecule has 0 radical (unpaired) electrons. The summed E-state index contributed by atoms with van der Waals surface area (Å²) in [5.74, 6) is -1.73. The predicted octanol–water partition coefficient (Wildman–Crippen LogP) is 4.17. The van der Waals surface area contributed by atoms with Gasteiger partial charge in [0.1, 0.15) is 16.5 Å². The van der Waals surface area contributed by atoms with Crippen LogP contribution in [0.1, 0.15) is 20.7 Å². The van der Waals surface area contributed by atoms with Gasteiger partial charge in [0.2, 0.25) is 0 Å². The van der Waals surface area contributed by atoms with Gasteiger partial charge in [-0.15, -0.1) is 0 Å². The molecule has 0 spiro atoms. The summed E-state index contributed by atoms with van der Waals surface area (Å²) in [5.41, 5.74) is 1.75. The topological polar surface area (TPSA) is 114 Å². The average Bonchev–Trinajstić information content (AvgIpc) is 3.11. The first-order valence-electron chi connectivity index (χ1n) is 10.6. The zero-order valence-electron chi connectivity index (χ0n) is 19.2. The third kappa shape index (κ3) is 4.77. The summed E-state index contributed by atoms with van der Waals surface area (Å²) in [4.78, 5) is 50.8. The van der Waals surface area contributed by atoms with Crippen molar-refractivity contribution in [1.82, 2.24) is 0 Å². The number of esters is 1. The van der Waals surface area contributed by atoms with Gasteiger partial charge in [0.15, 0.2) is 0 Å². The largest absolute Gasteiger partial charge is 0.495 e. The maximum absolute atomic E-state index is 13.0. The first-order chi connectivity index (χ1) is 17.3. The van der Waals surface area contributed by atoms with E-state index < -0.39 is 17.8 Å². The first kappa shape index (κ1) is 24.5. The number of carbonyl (C=O) groups is 4. The molecule has 0 unspecified atom stereocenters. The van der Waals surface area contributed by atoms with Crippen LogP contribution < -0.4 is 20.3 Å². The van der Waals surface area contributed by atoms with Crippen LogP contribution in [0.3, 0.4) is 0 Å². The molecular weight excluding hydrogens is 486 g/mol. The van der Waals surface area contributed by atoms with Gasteiger partial charge in [-0.05, 0) is 60.7 Å². The molecule has 10 heteroatoms. The Morgan fingerprint density at radius 3 is 2.11 bits per heavy atom. The highest BCUT2D eigenvalue weighted by Crippen LogP contribution is 2.30. The Morgan fingerprint density at radius 1 is 0.833 bits per heavy atom. The highest BCUT2D eigenvalue weighted by atomic mass is 35.5. The molecule has 1 aliphatic rings. The molecule has 4 rings (SSSR count). The number of hydrogen-bond acceptors (Lipinski definition) is 7. The fraction of sp³-hybridized carbons (Fsp3) is 0.0769. The molecule has 0 bridgehead atoms. The van der Waals surface area contributed by atoms with Crippen LogP contribution in [0.25, 0.3) is 0 Å². The lowest BCUT2D eigenvalue weighted by Crippen LogP contribution is -2.32. The molecule has 9 nitrogen and oxygen atoms in total. The highest BCUT2D eigenvalue weighted by Gasteiger charge is 2.39. The van der Waals surface area contributed by atoms with E-state index in [-0.39, 0.29) is 27.9 Å². The van der Waals surface area contributed by atoms with Gasteiger partial charge in [0.25, 0.3) is 17.7 Å². The summed E-state index contributed by atoms with van der Waals surface area (Å²) in [7, 11) is 2.77. The molecule has 0 aromatic heterocycles. The summed E-state index contributed by atoms with van der Waals surface area (Å²) in [6, 6.07) is 19.1. The SMILES string of the molecule is COC(=O)c1ccc(N2C(=O)C(Cl)=C(Nc3ccc(C(=O)Nc4ccccc4OC)cc3)C2=O)cc1. The summed E-state index contributed by atoms with van der Waals surface area (Å²) in [6.45, 7) is 0. The normalized spacial score (nSPS) is 13.0. The smallest absolute Gasteiger partial charge is 0.337 e. The summed E-state index contributed by atoms with van der Waals surface area (Å²) in [6.07, 6.45) is 0. The van der Waals surface area contributed by atoms with Crippen molar-refractivity contribution < 1.29 is 28.7 Å². The summed E-state index contributed by atoms with van der Waals surface area (Å²) < 4.78 is 9.89. The number of amides is 3. The Kier molecular flexibility index (Phi) is 7.03. The zero-order valence-corrected chi connectivity index (χ0v) is 20.0. The Morgan fingerprint density at radius 2 is 1.47 bits per heavy atom. The molecule has 0 aliphatic carbocycles. The molecule has 0 atom stereocenters. The van der Waals surface area contributed by atoms with Crippen LogP contribution in [0.4, 0.5) is 17.1 Å². The fourth-order valence-electron chi connectivity index (χ4n) is 3.50. The number of halogens is 1. The number of para-hydroxylation sites is 2. The van der Waals surface area contributed by atoms with Gasteiger partial charge >= 0.3 is 5.97 Å². The number of benzene rings is 3. The third-order valence-corrected chi connectivity index (χ3v) is 5.70. The summed E-state index contributed by atoms with van der Waals surface area (Å²) >= 11 is 6.18. The van der Waals surface area contributed by atoms with Crippen molar-refractivity contribution in [2.75, 3.05) is 29.8 Å². The van der Waals surface area contributed by atoms with E-state index in [0.29, 0.717) is 22.7 Å². The van der Waals surface area contributed by atoms with E-state index in [2.05, 4.69) is 15.4 Å². The second-order valence-corrected chi connectivity index (χ2v) is 7.91. The lowest BCUT2D eigenvalue weighted by Gasteiger charge is -2.15. The van der Waals surface area contributed by atoms with E-state index >= 15 is 0 Å². The van der Waals surface area contributed by atoms with Crippen LogP contribution >= 0.6 is 11.6 Å². The van der Waals surface area contributed by atoms with Crippen LogP contribution in [0.15, 0.2) is 83.5 Å². The average molecular weight is 506 g/mol. The van der Waals surface area contributed by atoms with Gasteiger partial charge in [-0.2, -0.15) is 0 Å². The van der Waals surface area contributed by atoms with Crippen LogP contribution in [0.2, 0.25) is 0 Å². The standard InChI is InChI=1S/C26H20ClN3O6/c1-35-20-6-4-3-5-19(20)29-23(31)15-7-11-17(12-8-15)28-22-21(27)24(32)30(25(22)33)18-13-9-16(10-14-18)26(34)36-2/h3-14,28H,1-2H3,(H,29,31). The Balaban J connectivity index is 1.47. The number of carbonyl (C=O) groups excluding carboxylic acids is 4. The number of ether oxygens (including phenoxy) is 2. The van der Waals surface area contributed by atoms with E-state index in [9.17, 15) is 19.2 Å². The van der Waals surface area contributed by atoms with Gasteiger partial charge in [-0.1, -0.05) is 23.7 Å². The lowest BCUT2D eigenvalue weighted by molar-refractivity contribution is -0.120. The first-order valence-corrected chi connectivity index (χ1v) is 11.0. The minimum absolute atomic E-state index is 0.107. The number of anilines is 3. The van der Waals surface area contributed by atoms with E-state index in [4.69, 9.17) is 16.3 Å². The van der Waals surface area contributed by atoms with Gasteiger partial charge in [-0.3, -0.25) is 14.4 Å². The van der Waals surface area contributed by atoms with Crippen LogP contribution in [0, 0.1) is 0 Å². The van der Waals surface area contributed by atoms with E-state index in [1.165, 1.54) is 38.5 Å². The van der Waals surface area contributed by atoms with Gasteiger partial charge in [0.05, 0.1) is 31.2 Å². The van der Waals surface area contributed by atoms with Gasteiger partial charge < -0.3 is 20.1 Å². The van der Waals surface area contributed by atoms with Gasteiger partial charge in [-0.25, -0.2) is 9.69 Å². The minimum Gasteiger partial charge on any atom is -0.495 e. The van der Waals surface area contributed by atoms with Crippen molar-refractivity contribution in [2.24, 2.45) is 0 Å². The van der Waals surface area contributed by atoms with Crippen LogP contribution in [0.5, 0.6) is 5.75 Å². The zero-order chi connectivity index (χ0) is 25.8. The lowest BCUT2D eigenvalue weighted by atomic mass is 10.1. The van der Waals surface area contributed by atoms with Crippen molar-refractivity contribution in [3.8, 4) is 5.75 Å². The van der Waals surface area contributed by atoms with Gasteiger partial charge in [0, 0.05) is 11.3 Å². The second kappa shape index (κ2) is 10.3. The molecule has 1 aliphatic heterocycles. The second-order valence-electron chi connectivity index (χ2n) is 7.53. The number of nitrogens with zero attached hydrogens (tertiary/aromatic N) is 1. The molecule has 1 heterocycles. The maximum Gasteiger partial charge on any atom is 0.337 e. The third-order valence-electron chi connectivity index (χ3n) is 5.35. The van der Waals surface area contributed by atoms with Crippen LogP contribution in [-0.2, 0) is 14.3 Å². The Bertz CT molecular complexity index is 1380. The van der Waals surface area contributed by atoms with E-state index in [1.807, 2.05) is 0 Å². The number of hydrogen-bond donors (Lipinski definition) is 2. The highest BCUT2D eigenvalue weighted by molar-refractivity contribution is 6.53. The van der Waals surface area contributed by atoms with E-state index in [0.717, 1.165) is 4.90 Å². The van der Waals surface area contributed by atoms with Crippen molar-refractivity contribution in [3.05, 3.63) is 94.7 Å². The quantitative estimate of drug-likeness (QED) is 0.366. The number of imide groups is 1. The number of nitrogens with one attached hydrogen (secondary N) is 2. The molecule has 182 valence electrons. The summed E-state index contributed by atoms with van der Waals surface area (Å²) in [5, 5.41) is 5.35. The molecular formula is C26H20ClN3O6. The predicted molar refractivity (Wildman–Crippen MR) is 134 cm³/mol.